The minimum Gasteiger partial charge on any atom is -0.285 e. The highest BCUT2D eigenvalue weighted by Crippen LogP contribution is 2.55. The van der Waals surface area contributed by atoms with Crippen LogP contribution in [0, 0.1) is 35.5 Å². The molecule has 6 atom stereocenters. The molecule has 0 radical (unpaired) electrons. The van der Waals surface area contributed by atoms with Crippen molar-refractivity contribution in [3.05, 3.63) is 0 Å². The van der Waals surface area contributed by atoms with Crippen LogP contribution in [0.4, 0.5) is 0 Å². The summed E-state index contributed by atoms with van der Waals surface area (Å²) in [6.07, 6.45) is 13.5. The third-order valence-electron chi connectivity index (χ3n) is 9.35. The zero-order chi connectivity index (χ0) is 21.6. The molecule has 2 N–H and O–H groups in total. The molecular weight excluding hydrogens is 424 g/mol. The molecule has 0 aromatic heterocycles. The van der Waals surface area contributed by atoms with E-state index in [-0.39, 0.29) is 0 Å². The quantitative estimate of drug-likeness (QED) is 0.573. The molecule has 30 heavy (non-hydrogen) atoms. The molecule has 0 aliphatic heterocycles. The summed E-state index contributed by atoms with van der Waals surface area (Å²) >= 11 is 0. The van der Waals surface area contributed by atoms with E-state index in [4.69, 9.17) is 0 Å². The fourth-order valence-corrected chi connectivity index (χ4v) is 11.3. The van der Waals surface area contributed by atoms with Crippen molar-refractivity contribution in [1.29, 1.82) is 0 Å². The molecule has 0 amide bonds. The zero-order valence-electron chi connectivity index (χ0n) is 17.9. The van der Waals surface area contributed by atoms with Gasteiger partial charge in [-0.3, -0.25) is 9.11 Å². The van der Waals surface area contributed by atoms with Crippen LogP contribution >= 0.6 is 0 Å². The van der Waals surface area contributed by atoms with Gasteiger partial charge in [0.15, 0.2) is 0 Å². The predicted molar refractivity (Wildman–Crippen MR) is 116 cm³/mol. The molecule has 4 saturated carbocycles. The molecule has 0 bridgehead atoms. The largest absolute Gasteiger partial charge is 0.285 e. The molecule has 4 aliphatic carbocycles. The molecule has 4 rings (SSSR count). The first-order chi connectivity index (χ1) is 14.1. The summed E-state index contributed by atoms with van der Waals surface area (Å²) in [6.45, 7) is 0. The molecule has 6 nitrogen and oxygen atoms in total. The average Bonchev–Trinajstić information content (AvgIpc) is 2.69. The average molecular weight is 463 g/mol. The smallest absolute Gasteiger partial charge is 0.272 e. The first-order valence-electron chi connectivity index (χ1n) is 12.0. The Bertz CT molecular complexity index is 787. The Hall–Kier alpha value is -0.180. The predicted octanol–water partition coefficient (Wildman–Crippen LogP) is 4.71. The van der Waals surface area contributed by atoms with E-state index in [1.54, 1.807) is 0 Å². The molecule has 6 unspecified atom stereocenters. The Morgan fingerprint density at radius 2 is 1.00 bits per heavy atom. The second-order valence-corrected chi connectivity index (χ2v) is 13.9. The molecule has 8 heteroatoms. The highest BCUT2D eigenvalue weighted by molar-refractivity contribution is 7.90. The van der Waals surface area contributed by atoms with E-state index in [2.05, 4.69) is 0 Å². The fraction of sp³-hybridized carbons (Fsp3) is 1.00. The summed E-state index contributed by atoms with van der Waals surface area (Å²) in [5, 5.41) is 0. The van der Waals surface area contributed by atoms with Crippen molar-refractivity contribution in [2.75, 3.05) is 5.75 Å². The van der Waals surface area contributed by atoms with Gasteiger partial charge < -0.3 is 0 Å². The second kappa shape index (κ2) is 8.64. The monoisotopic (exact) mass is 462 g/mol. The Morgan fingerprint density at radius 1 is 0.600 bits per heavy atom. The van der Waals surface area contributed by atoms with Crippen LogP contribution in [-0.2, 0) is 20.2 Å². The van der Waals surface area contributed by atoms with Gasteiger partial charge >= 0.3 is 0 Å². The Kier molecular flexibility index (Phi) is 6.62. The van der Waals surface area contributed by atoms with Crippen molar-refractivity contribution in [2.45, 2.75) is 94.6 Å². The SMILES string of the molecule is O=S(=O)(O)CC(C1CCC2CCCCC2C1)(C1CCC2CCCCC2C1)S(=O)(=O)O. The number of hydrogen-bond acceptors (Lipinski definition) is 4. The van der Waals surface area contributed by atoms with Gasteiger partial charge in [-0.1, -0.05) is 51.4 Å². The lowest BCUT2D eigenvalue weighted by Crippen LogP contribution is -2.59. The normalized spacial score (nSPS) is 40.1. The Morgan fingerprint density at radius 3 is 1.37 bits per heavy atom. The first kappa shape index (κ1) is 23.0. The highest BCUT2D eigenvalue weighted by atomic mass is 32.2. The van der Waals surface area contributed by atoms with E-state index in [0.717, 1.165) is 38.5 Å². The maximum atomic E-state index is 13.0. The lowest BCUT2D eigenvalue weighted by Gasteiger charge is -2.52. The third kappa shape index (κ3) is 4.48. The molecule has 4 fully saturated rings. The van der Waals surface area contributed by atoms with Crippen molar-refractivity contribution in [2.24, 2.45) is 35.5 Å². The van der Waals surface area contributed by atoms with Crippen molar-refractivity contribution < 1.29 is 25.9 Å². The Labute approximate surface area is 182 Å². The third-order valence-corrected chi connectivity index (χ3v) is 12.1. The van der Waals surface area contributed by atoms with Crippen LogP contribution in [0.3, 0.4) is 0 Å². The first-order valence-corrected chi connectivity index (χ1v) is 15.1. The summed E-state index contributed by atoms with van der Waals surface area (Å²) in [4.78, 5) is 0. The van der Waals surface area contributed by atoms with E-state index >= 15 is 0 Å². The topological polar surface area (TPSA) is 109 Å². The maximum Gasteiger partial charge on any atom is 0.272 e. The molecule has 0 aromatic carbocycles. The van der Waals surface area contributed by atoms with Crippen LogP contribution in [0.25, 0.3) is 0 Å². The van der Waals surface area contributed by atoms with E-state index in [0.29, 0.717) is 49.4 Å². The maximum absolute atomic E-state index is 13.0. The summed E-state index contributed by atoms with van der Waals surface area (Å²) in [5.41, 5.74) is 0. The molecule has 0 heterocycles. The molecule has 0 spiro atoms. The van der Waals surface area contributed by atoms with Gasteiger partial charge in [-0.05, 0) is 74.0 Å². The van der Waals surface area contributed by atoms with Gasteiger partial charge in [-0.25, -0.2) is 0 Å². The van der Waals surface area contributed by atoms with Gasteiger partial charge in [0.25, 0.3) is 20.2 Å². The van der Waals surface area contributed by atoms with Gasteiger partial charge in [0.2, 0.25) is 0 Å². The van der Waals surface area contributed by atoms with E-state index in [1.807, 2.05) is 0 Å². The summed E-state index contributed by atoms with van der Waals surface area (Å²) in [5.74, 6) is 0.334. The number of hydrogen-bond donors (Lipinski definition) is 2. The van der Waals surface area contributed by atoms with Crippen LogP contribution in [0.2, 0.25) is 0 Å². The second-order valence-electron chi connectivity index (χ2n) is 10.8. The number of fused-ring (bicyclic) bond motifs is 2. The minimum absolute atomic E-state index is 0.404. The van der Waals surface area contributed by atoms with Gasteiger partial charge in [0.1, 0.15) is 4.75 Å². The molecule has 4 aliphatic rings. The van der Waals surface area contributed by atoms with Crippen LogP contribution in [-0.4, -0.2) is 36.4 Å². The van der Waals surface area contributed by atoms with Crippen molar-refractivity contribution in [3.63, 3.8) is 0 Å². The van der Waals surface area contributed by atoms with Crippen LogP contribution in [0.5, 0.6) is 0 Å². The Balaban J connectivity index is 1.70. The highest BCUT2D eigenvalue weighted by Gasteiger charge is 2.59. The van der Waals surface area contributed by atoms with Gasteiger partial charge in [0.05, 0.1) is 5.75 Å². The van der Waals surface area contributed by atoms with Gasteiger partial charge in [-0.2, -0.15) is 16.8 Å². The van der Waals surface area contributed by atoms with E-state index < -0.39 is 42.6 Å². The van der Waals surface area contributed by atoms with Gasteiger partial charge in [-0.15, -0.1) is 0 Å². The van der Waals surface area contributed by atoms with Crippen LogP contribution in [0.1, 0.15) is 89.9 Å². The summed E-state index contributed by atoms with van der Waals surface area (Å²) in [6, 6.07) is 0. The fourth-order valence-electron chi connectivity index (χ4n) is 7.98. The van der Waals surface area contributed by atoms with E-state index in [9.17, 15) is 25.9 Å². The van der Waals surface area contributed by atoms with Crippen molar-refractivity contribution in [1.82, 2.24) is 0 Å². The van der Waals surface area contributed by atoms with Crippen molar-refractivity contribution in [3.8, 4) is 0 Å². The molecule has 0 aromatic rings. The molecule has 0 saturated heterocycles. The standard InChI is InChI=1S/C22H38O6S2/c23-29(24,25)15-22(30(26,27)28,20-11-9-16-5-1-3-7-18(16)13-20)21-12-10-17-6-2-4-8-19(17)14-21/h16-21H,1-15H2,(H,23,24,25)(H,26,27,28). The summed E-state index contributed by atoms with van der Waals surface area (Å²) in [7, 11) is -9.24. The lowest BCUT2D eigenvalue weighted by molar-refractivity contribution is 0.0540. The minimum atomic E-state index is -4.67. The van der Waals surface area contributed by atoms with Crippen molar-refractivity contribution >= 4 is 20.2 Å². The zero-order valence-corrected chi connectivity index (χ0v) is 19.5. The van der Waals surface area contributed by atoms with Gasteiger partial charge in [0, 0.05) is 0 Å². The molecular formula is C22H38O6S2. The van der Waals surface area contributed by atoms with Crippen LogP contribution < -0.4 is 0 Å². The van der Waals surface area contributed by atoms with Crippen LogP contribution in [0.15, 0.2) is 0 Å². The molecule has 174 valence electrons. The summed E-state index contributed by atoms with van der Waals surface area (Å²) < 4.78 is 69.0. The lowest BCUT2D eigenvalue weighted by atomic mass is 9.59. The number of rotatable bonds is 5. The van der Waals surface area contributed by atoms with E-state index in [1.165, 1.54) is 25.7 Å².